The molecule has 0 aliphatic heterocycles. The van der Waals surface area contributed by atoms with Gasteiger partial charge in [0.1, 0.15) is 5.69 Å². The van der Waals surface area contributed by atoms with Crippen LogP contribution >= 0.6 is 11.5 Å². The summed E-state index contributed by atoms with van der Waals surface area (Å²) in [6.07, 6.45) is 5.37. The van der Waals surface area contributed by atoms with Crippen LogP contribution in [0.15, 0.2) is 48.5 Å². The van der Waals surface area contributed by atoms with Crippen molar-refractivity contribution in [2.45, 2.75) is 39.5 Å². The zero-order valence-electron chi connectivity index (χ0n) is 13.7. The second-order valence-electron chi connectivity index (χ2n) is 6.02. The molecule has 3 aromatic rings. The molecule has 1 aromatic heterocycles. The van der Waals surface area contributed by atoms with Crippen molar-refractivity contribution in [2.75, 3.05) is 0 Å². The van der Waals surface area contributed by atoms with Crippen molar-refractivity contribution >= 4 is 11.5 Å². The maximum Gasteiger partial charge on any atom is 0.108 e. The van der Waals surface area contributed by atoms with E-state index in [4.69, 9.17) is 0 Å². The zero-order valence-corrected chi connectivity index (χ0v) is 14.6. The van der Waals surface area contributed by atoms with Gasteiger partial charge < -0.3 is 0 Å². The van der Waals surface area contributed by atoms with E-state index in [1.54, 1.807) is 11.1 Å². The Morgan fingerprint density at radius 3 is 2.30 bits per heavy atom. The molecule has 1 heterocycles. The summed E-state index contributed by atoms with van der Waals surface area (Å²) in [7, 11) is 0. The number of fused-ring (bicyclic) bond motifs is 1. The van der Waals surface area contributed by atoms with Gasteiger partial charge in [-0.1, -0.05) is 58.6 Å². The second kappa shape index (κ2) is 7.51. The third-order valence-corrected chi connectivity index (χ3v) is 4.83. The minimum atomic E-state index is 1.00. The van der Waals surface area contributed by atoms with Gasteiger partial charge in [-0.3, -0.25) is 0 Å². The summed E-state index contributed by atoms with van der Waals surface area (Å²) < 4.78 is 3.89. The number of hydrogen-bond donors (Lipinski definition) is 0. The summed E-state index contributed by atoms with van der Waals surface area (Å²) >= 11 is 1.44. The maximum absolute atomic E-state index is 4.05. The lowest BCUT2D eigenvalue weighted by Crippen LogP contribution is -2.01. The first kappa shape index (κ1) is 15.9. The Morgan fingerprint density at radius 1 is 0.870 bits per heavy atom. The average Bonchev–Trinajstić information content (AvgIpc) is 3.02. The van der Waals surface area contributed by atoms with Gasteiger partial charge in [-0.15, -0.1) is 5.10 Å². The third kappa shape index (κ3) is 4.05. The first-order valence-corrected chi connectivity index (χ1v) is 8.94. The van der Waals surface area contributed by atoms with E-state index in [2.05, 4.69) is 34.7 Å². The van der Waals surface area contributed by atoms with Crippen LogP contribution < -0.4 is 0 Å². The highest BCUT2D eigenvalue weighted by Crippen LogP contribution is 2.22. The first-order chi connectivity index (χ1) is 11.2. The van der Waals surface area contributed by atoms with E-state index in [0.29, 0.717) is 0 Å². The molecule has 0 atom stereocenters. The minimum absolute atomic E-state index is 1.00. The molecule has 2 nitrogen and oxygen atoms in total. The molecule has 1 aliphatic rings. The van der Waals surface area contributed by atoms with Crippen molar-refractivity contribution in [2.24, 2.45) is 0 Å². The van der Waals surface area contributed by atoms with Gasteiger partial charge >= 0.3 is 0 Å². The van der Waals surface area contributed by atoms with E-state index in [1.165, 1.54) is 47.7 Å². The highest BCUT2D eigenvalue weighted by atomic mass is 32.1. The second-order valence-corrected chi connectivity index (χ2v) is 6.98. The molecule has 23 heavy (non-hydrogen) atoms. The Bertz CT molecular complexity index is 762. The van der Waals surface area contributed by atoms with E-state index < -0.39 is 0 Å². The summed E-state index contributed by atoms with van der Waals surface area (Å²) in [6, 6.07) is 17.0. The molecule has 0 amide bonds. The summed E-state index contributed by atoms with van der Waals surface area (Å²) in [5.74, 6) is 0. The summed E-state index contributed by atoms with van der Waals surface area (Å²) in [6.45, 7) is 4.21. The van der Waals surface area contributed by atoms with Crippen molar-refractivity contribution in [1.82, 2.24) is 9.59 Å². The Morgan fingerprint density at radius 2 is 1.61 bits per heavy atom. The van der Waals surface area contributed by atoms with Gasteiger partial charge in [0, 0.05) is 5.56 Å². The van der Waals surface area contributed by atoms with Gasteiger partial charge in [-0.2, -0.15) is 0 Å². The van der Waals surface area contributed by atoms with E-state index >= 15 is 0 Å². The Labute approximate surface area is 142 Å². The van der Waals surface area contributed by atoms with E-state index in [1.807, 2.05) is 37.3 Å². The number of aryl methyl sites for hydroxylation is 4. The largest absolute Gasteiger partial charge is 0.138 e. The van der Waals surface area contributed by atoms with Crippen molar-refractivity contribution < 1.29 is 0 Å². The lowest BCUT2D eigenvalue weighted by molar-refractivity contribution is 0.685. The average molecular weight is 322 g/mol. The molecule has 2 aromatic carbocycles. The summed E-state index contributed by atoms with van der Waals surface area (Å²) in [4.78, 5) is 1.17. The molecule has 0 radical (unpaired) electrons. The fraction of sp³-hybridized carbons (Fsp3) is 0.300. The predicted molar refractivity (Wildman–Crippen MR) is 97.9 cm³/mol. The van der Waals surface area contributed by atoms with Crippen LogP contribution in [0.1, 0.15) is 34.4 Å². The molecule has 0 N–H and O–H groups in total. The van der Waals surface area contributed by atoms with Crippen molar-refractivity contribution in [3.05, 3.63) is 70.1 Å². The first-order valence-electron chi connectivity index (χ1n) is 8.17. The highest BCUT2D eigenvalue weighted by Gasteiger charge is 2.07. The molecule has 0 unspecified atom stereocenters. The van der Waals surface area contributed by atoms with Gasteiger partial charge in [0.25, 0.3) is 0 Å². The molecule has 118 valence electrons. The molecular formula is C20H22N2S. The van der Waals surface area contributed by atoms with Crippen LogP contribution in [0.5, 0.6) is 0 Å². The van der Waals surface area contributed by atoms with E-state index in [9.17, 15) is 0 Å². The topological polar surface area (TPSA) is 25.8 Å². The molecule has 0 fully saturated rings. The van der Waals surface area contributed by atoms with Gasteiger partial charge in [0.2, 0.25) is 0 Å². The summed E-state index contributed by atoms with van der Waals surface area (Å²) in [5, 5.41) is 4.05. The van der Waals surface area contributed by atoms with Crippen LogP contribution in [0.4, 0.5) is 0 Å². The lowest BCUT2D eigenvalue weighted by atomic mass is 9.91. The quantitative estimate of drug-likeness (QED) is 0.600. The predicted octanol–water partition coefficient (Wildman–Crippen LogP) is 5.39. The van der Waals surface area contributed by atoms with Crippen molar-refractivity contribution in [3.8, 4) is 11.3 Å². The van der Waals surface area contributed by atoms with Gasteiger partial charge in [-0.25, -0.2) is 0 Å². The Balaban J connectivity index is 0.000000136. The lowest BCUT2D eigenvalue weighted by Gasteiger charge is -2.15. The van der Waals surface area contributed by atoms with Gasteiger partial charge in [0.15, 0.2) is 0 Å². The molecule has 0 saturated heterocycles. The van der Waals surface area contributed by atoms with Gasteiger partial charge in [0.05, 0.1) is 4.88 Å². The Kier molecular flexibility index (Phi) is 5.19. The number of nitrogens with zero attached hydrogens (tertiary/aromatic N) is 2. The molecule has 3 heteroatoms. The van der Waals surface area contributed by atoms with Crippen LogP contribution in [0.25, 0.3) is 11.3 Å². The smallest absolute Gasteiger partial charge is 0.108 e. The molecular weight excluding hydrogens is 300 g/mol. The minimum Gasteiger partial charge on any atom is -0.138 e. The number of aromatic nitrogens is 2. The zero-order chi connectivity index (χ0) is 16.1. The van der Waals surface area contributed by atoms with E-state index in [0.717, 1.165) is 11.3 Å². The number of benzene rings is 2. The molecule has 4 rings (SSSR count). The normalized spacial score (nSPS) is 13.0. The van der Waals surface area contributed by atoms with E-state index in [-0.39, 0.29) is 0 Å². The monoisotopic (exact) mass is 322 g/mol. The highest BCUT2D eigenvalue weighted by molar-refractivity contribution is 7.05. The fourth-order valence-electron chi connectivity index (χ4n) is 2.96. The number of rotatable bonds is 1. The maximum atomic E-state index is 4.05. The van der Waals surface area contributed by atoms with Crippen LogP contribution in [0.2, 0.25) is 0 Å². The van der Waals surface area contributed by atoms with Crippen molar-refractivity contribution in [3.63, 3.8) is 0 Å². The van der Waals surface area contributed by atoms with Crippen LogP contribution in [-0.2, 0) is 12.8 Å². The van der Waals surface area contributed by atoms with Gasteiger partial charge in [-0.05, 0) is 62.2 Å². The Hall–Kier alpha value is -2.00. The SMILES string of the molecule is Cc1ccc2c(c1)CCCC2.Cc1snnc1-c1ccccc1. The van der Waals surface area contributed by atoms with Crippen LogP contribution in [-0.4, -0.2) is 9.59 Å². The fourth-order valence-corrected chi connectivity index (χ4v) is 3.45. The molecule has 0 bridgehead atoms. The number of hydrogen-bond acceptors (Lipinski definition) is 3. The van der Waals surface area contributed by atoms with Crippen LogP contribution in [0, 0.1) is 13.8 Å². The molecule has 0 spiro atoms. The standard InChI is InChI=1S/C11H14.C9H8N2S/c1-9-6-7-10-4-2-3-5-11(10)8-9;1-7-9(10-11-12-7)8-5-3-2-4-6-8/h6-8H,2-5H2,1H3;2-6H,1H3. The molecule has 0 saturated carbocycles. The third-order valence-electron chi connectivity index (χ3n) is 4.20. The van der Waals surface area contributed by atoms with Crippen molar-refractivity contribution in [1.29, 1.82) is 0 Å². The molecule has 1 aliphatic carbocycles. The van der Waals surface area contributed by atoms with Crippen LogP contribution in [0.3, 0.4) is 0 Å². The summed E-state index contributed by atoms with van der Waals surface area (Å²) in [5.41, 5.74) is 6.73.